The molecule has 2 fully saturated rings. The summed E-state index contributed by atoms with van der Waals surface area (Å²) in [5.74, 6) is 1.77. The third-order valence-electron chi connectivity index (χ3n) is 7.71. The zero-order valence-corrected chi connectivity index (χ0v) is 19.2. The Morgan fingerprint density at radius 2 is 1.00 bits per heavy atom. The molecule has 172 valence electrons. The Morgan fingerprint density at radius 3 is 1.46 bits per heavy atom. The molecule has 2 aliphatic carbocycles. The maximum atomic E-state index is 6.16. The first-order valence-electron chi connectivity index (χ1n) is 12.3. The summed E-state index contributed by atoms with van der Waals surface area (Å²) < 4.78 is 23.1. The normalized spacial score (nSPS) is 21.1. The molecule has 4 heteroatoms. The molecule has 0 N–H and O–H groups in total. The highest BCUT2D eigenvalue weighted by molar-refractivity contribution is 5.95. The van der Waals surface area contributed by atoms with Gasteiger partial charge in [-0.3, -0.25) is 0 Å². The molecule has 2 atom stereocenters. The molecule has 0 saturated carbocycles. The van der Waals surface area contributed by atoms with E-state index in [9.17, 15) is 0 Å². The van der Waals surface area contributed by atoms with E-state index in [0.717, 1.165) is 24.7 Å². The van der Waals surface area contributed by atoms with Crippen LogP contribution in [0.5, 0.6) is 11.5 Å². The third kappa shape index (κ3) is 2.87. The Kier molecular flexibility index (Phi) is 4.05. The zero-order valence-electron chi connectivity index (χ0n) is 19.2. The summed E-state index contributed by atoms with van der Waals surface area (Å²) in [4.78, 5) is 0. The van der Waals surface area contributed by atoms with Crippen molar-refractivity contribution in [2.24, 2.45) is 0 Å². The molecule has 2 unspecified atom stereocenters. The predicted molar refractivity (Wildman–Crippen MR) is 133 cm³/mol. The fourth-order valence-corrected chi connectivity index (χ4v) is 5.98. The van der Waals surface area contributed by atoms with Crippen molar-refractivity contribution in [3.05, 3.63) is 107 Å². The second kappa shape index (κ2) is 7.20. The summed E-state index contributed by atoms with van der Waals surface area (Å²) in [6.45, 7) is 2.76. The number of fused-ring (bicyclic) bond motifs is 10. The Bertz CT molecular complexity index is 1370. The SMILES string of the molecule is c1ccc2c(c1)-c1ccccc1C21c2cc(OCC3CO3)ccc2-c2ccc(OCC3CO3)cc21. The van der Waals surface area contributed by atoms with Gasteiger partial charge in [0.1, 0.15) is 36.9 Å². The number of hydrogen-bond donors (Lipinski definition) is 0. The fourth-order valence-electron chi connectivity index (χ4n) is 5.98. The summed E-state index contributed by atoms with van der Waals surface area (Å²) in [6.07, 6.45) is 0.440. The van der Waals surface area contributed by atoms with Gasteiger partial charge in [-0.15, -0.1) is 0 Å². The summed E-state index contributed by atoms with van der Waals surface area (Å²) in [5.41, 5.74) is 9.82. The van der Waals surface area contributed by atoms with Crippen LogP contribution in [-0.4, -0.2) is 38.6 Å². The number of hydrogen-bond acceptors (Lipinski definition) is 4. The van der Waals surface area contributed by atoms with Crippen LogP contribution in [0.25, 0.3) is 22.3 Å². The van der Waals surface area contributed by atoms with Crippen LogP contribution in [0, 0.1) is 0 Å². The highest BCUT2D eigenvalue weighted by Gasteiger charge is 2.52. The van der Waals surface area contributed by atoms with E-state index in [1.165, 1.54) is 44.5 Å². The molecule has 4 aromatic carbocycles. The van der Waals surface area contributed by atoms with E-state index in [-0.39, 0.29) is 12.2 Å². The van der Waals surface area contributed by atoms with Crippen LogP contribution in [0.15, 0.2) is 84.9 Å². The van der Waals surface area contributed by atoms with Gasteiger partial charge in [-0.2, -0.15) is 0 Å². The smallest absolute Gasteiger partial charge is 0.119 e. The molecular formula is C31H24O4. The van der Waals surface area contributed by atoms with Crippen LogP contribution in [0.1, 0.15) is 22.3 Å². The van der Waals surface area contributed by atoms with Crippen molar-refractivity contribution in [3.8, 4) is 33.8 Å². The van der Waals surface area contributed by atoms with Crippen molar-refractivity contribution >= 4 is 0 Å². The first-order valence-corrected chi connectivity index (χ1v) is 12.3. The summed E-state index contributed by atoms with van der Waals surface area (Å²) in [5, 5.41) is 0. The van der Waals surface area contributed by atoms with E-state index in [2.05, 4.69) is 84.9 Å². The van der Waals surface area contributed by atoms with E-state index in [1.807, 2.05) is 0 Å². The lowest BCUT2D eigenvalue weighted by molar-refractivity contribution is 0.262. The van der Waals surface area contributed by atoms with E-state index >= 15 is 0 Å². The largest absolute Gasteiger partial charge is 0.491 e. The molecule has 1 spiro atoms. The lowest BCUT2D eigenvalue weighted by Crippen LogP contribution is -2.26. The fraction of sp³-hybridized carbons (Fsp3) is 0.226. The highest BCUT2D eigenvalue weighted by atomic mass is 16.6. The first kappa shape index (κ1) is 19.7. The Hall–Kier alpha value is -3.60. The van der Waals surface area contributed by atoms with Crippen molar-refractivity contribution in [1.29, 1.82) is 0 Å². The second-order valence-electron chi connectivity index (χ2n) is 9.79. The van der Waals surface area contributed by atoms with Crippen LogP contribution in [-0.2, 0) is 14.9 Å². The number of rotatable bonds is 6. The first-order chi connectivity index (χ1) is 17.3. The molecule has 2 aliphatic heterocycles. The van der Waals surface area contributed by atoms with Gasteiger partial charge in [0.2, 0.25) is 0 Å². The Balaban J connectivity index is 1.37. The topological polar surface area (TPSA) is 43.5 Å². The van der Waals surface area contributed by atoms with Gasteiger partial charge in [0.25, 0.3) is 0 Å². The predicted octanol–water partition coefficient (Wildman–Crippen LogP) is 5.59. The van der Waals surface area contributed by atoms with E-state index in [4.69, 9.17) is 18.9 Å². The van der Waals surface area contributed by atoms with Crippen LogP contribution in [0.2, 0.25) is 0 Å². The number of epoxide rings is 2. The maximum absolute atomic E-state index is 6.16. The summed E-state index contributed by atoms with van der Waals surface area (Å²) in [7, 11) is 0. The minimum absolute atomic E-state index is 0.220. The van der Waals surface area contributed by atoms with Crippen molar-refractivity contribution in [2.45, 2.75) is 17.6 Å². The van der Waals surface area contributed by atoms with Crippen molar-refractivity contribution in [3.63, 3.8) is 0 Å². The Labute approximate surface area is 204 Å². The monoisotopic (exact) mass is 460 g/mol. The molecule has 0 bridgehead atoms. The van der Waals surface area contributed by atoms with E-state index in [0.29, 0.717) is 13.2 Å². The van der Waals surface area contributed by atoms with Gasteiger partial charge < -0.3 is 18.9 Å². The van der Waals surface area contributed by atoms with Crippen LogP contribution in [0.4, 0.5) is 0 Å². The molecule has 4 nitrogen and oxygen atoms in total. The highest BCUT2D eigenvalue weighted by Crippen LogP contribution is 2.63. The molecule has 4 aromatic rings. The summed E-state index contributed by atoms with van der Waals surface area (Å²) in [6, 6.07) is 30.7. The van der Waals surface area contributed by atoms with Gasteiger partial charge >= 0.3 is 0 Å². The van der Waals surface area contributed by atoms with Gasteiger partial charge in [0.05, 0.1) is 18.6 Å². The number of ether oxygens (including phenoxy) is 4. The van der Waals surface area contributed by atoms with E-state index < -0.39 is 5.41 Å². The van der Waals surface area contributed by atoms with Crippen LogP contribution >= 0.6 is 0 Å². The van der Waals surface area contributed by atoms with Gasteiger partial charge in [-0.25, -0.2) is 0 Å². The number of benzene rings is 4. The van der Waals surface area contributed by atoms with Gasteiger partial charge in [0.15, 0.2) is 0 Å². The van der Waals surface area contributed by atoms with Crippen molar-refractivity contribution in [2.75, 3.05) is 26.4 Å². The Morgan fingerprint density at radius 1 is 0.571 bits per heavy atom. The van der Waals surface area contributed by atoms with Crippen LogP contribution in [0.3, 0.4) is 0 Å². The zero-order chi connectivity index (χ0) is 23.0. The maximum Gasteiger partial charge on any atom is 0.119 e. The van der Waals surface area contributed by atoms with Gasteiger partial charge in [-0.05, 0) is 68.8 Å². The standard InChI is InChI=1S/C31H24O4/c1-3-7-27-23(5-1)24-6-2-4-8-28(24)31(27)29-13-19(32-15-21-17-34-21)9-11-25(29)26-12-10-20(14-30(26)31)33-16-22-18-35-22/h1-14,21-22H,15-18H2. The average molecular weight is 461 g/mol. The van der Waals surface area contributed by atoms with Crippen LogP contribution < -0.4 is 9.47 Å². The molecule has 8 rings (SSSR count). The van der Waals surface area contributed by atoms with Gasteiger partial charge in [0, 0.05) is 0 Å². The lowest BCUT2D eigenvalue weighted by atomic mass is 9.70. The minimum Gasteiger partial charge on any atom is -0.491 e. The average Bonchev–Trinajstić information content (AvgIpc) is 3.84. The molecule has 0 aromatic heterocycles. The summed E-state index contributed by atoms with van der Waals surface area (Å²) >= 11 is 0. The third-order valence-corrected chi connectivity index (χ3v) is 7.71. The van der Waals surface area contributed by atoms with Crippen molar-refractivity contribution < 1.29 is 18.9 Å². The second-order valence-corrected chi connectivity index (χ2v) is 9.79. The molecule has 2 heterocycles. The molecule has 4 aliphatic rings. The molecule has 2 saturated heterocycles. The molecule has 0 amide bonds. The molecule has 35 heavy (non-hydrogen) atoms. The molecular weight excluding hydrogens is 436 g/mol. The molecule has 0 radical (unpaired) electrons. The van der Waals surface area contributed by atoms with Crippen molar-refractivity contribution in [1.82, 2.24) is 0 Å². The minimum atomic E-state index is -0.414. The van der Waals surface area contributed by atoms with Gasteiger partial charge in [-0.1, -0.05) is 60.7 Å². The lowest BCUT2D eigenvalue weighted by Gasteiger charge is -2.30. The quantitative estimate of drug-likeness (QED) is 0.304. The van der Waals surface area contributed by atoms with E-state index in [1.54, 1.807) is 0 Å².